The molecular formula is C14H19ClN2O2. The van der Waals surface area contributed by atoms with Gasteiger partial charge < -0.3 is 15.8 Å². The van der Waals surface area contributed by atoms with E-state index in [1.54, 1.807) is 24.3 Å². The highest BCUT2D eigenvalue weighted by atomic mass is 35.5. The first kappa shape index (κ1) is 14.3. The molecule has 0 heterocycles. The zero-order chi connectivity index (χ0) is 13.7. The summed E-state index contributed by atoms with van der Waals surface area (Å²) in [6.07, 6.45) is 4.25. The first-order chi connectivity index (χ1) is 9.07. The maximum absolute atomic E-state index is 11.7. The Labute approximate surface area is 118 Å². The Morgan fingerprint density at radius 2 is 2.16 bits per heavy atom. The highest BCUT2D eigenvalue weighted by Crippen LogP contribution is 2.27. The Kier molecular flexibility index (Phi) is 4.80. The van der Waals surface area contributed by atoms with E-state index in [1.807, 2.05) is 0 Å². The second-order valence-electron chi connectivity index (χ2n) is 5.12. The van der Waals surface area contributed by atoms with E-state index in [9.17, 15) is 4.79 Å². The molecule has 1 aliphatic carbocycles. The Morgan fingerprint density at radius 1 is 1.42 bits per heavy atom. The molecule has 104 valence electrons. The minimum absolute atomic E-state index is 0.0193. The average molecular weight is 283 g/mol. The van der Waals surface area contributed by atoms with Crippen molar-refractivity contribution >= 4 is 23.2 Å². The van der Waals surface area contributed by atoms with Crippen LogP contribution in [0.3, 0.4) is 0 Å². The molecule has 19 heavy (non-hydrogen) atoms. The molecule has 0 aromatic heterocycles. The number of benzene rings is 1. The lowest BCUT2D eigenvalue weighted by Crippen LogP contribution is -2.42. The summed E-state index contributed by atoms with van der Waals surface area (Å²) in [5.74, 6) is -0.191. The number of nitrogens with one attached hydrogen (secondary N) is 1. The minimum Gasteiger partial charge on any atom is -0.370 e. The Hall–Kier alpha value is -1.10. The lowest BCUT2D eigenvalue weighted by molar-refractivity contribution is -0.121. The quantitative estimate of drug-likeness (QED) is 0.872. The number of anilines is 1. The summed E-state index contributed by atoms with van der Waals surface area (Å²) < 4.78 is 5.41. The van der Waals surface area contributed by atoms with Gasteiger partial charge in [-0.25, -0.2) is 0 Å². The third-order valence-electron chi connectivity index (χ3n) is 3.33. The van der Waals surface area contributed by atoms with Gasteiger partial charge in [-0.2, -0.15) is 0 Å². The second kappa shape index (κ2) is 6.37. The highest BCUT2D eigenvalue weighted by molar-refractivity contribution is 6.30. The van der Waals surface area contributed by atoms with Crippen molar-refractivity contribution in [2.24, 2.45) is 5.73 Å². The number of halogens is 1. The van der Waals surface area contributed by atoms with Crippen molar-refractivity contribution in [1.82, 2.24) is 0 Å². The number of rotatable bonds is 5. The van der Waals surface area contributed by atoms with E-state index in [0.29, 0.717) is 17.3 Å². The normalized spacial score (nSPS) is 17.4. The molecule has 0 aliphatic heterocycles. The van der Waals surface area contributed by atoms with Gasteiger partial charge in [0.25, 0.3) is 0 Å². The maximum Gasteiger partial charge on any atom is 0.250 e. The zero-order valence-corrected chi connectivity index (χ0v) is 11.6. The van der Waals surface area contributed by atoms with Crippen molar-refractivity contribution in [2.75, 3.05) is 18.5 Å². The molecule has 1 aromatic carbocycles. The zero-order valence-electron chi connectivity index (χ0n) is 10.8. The van der Waals surface area contributed by atoms with E-state index in [2.05, 4.69) is 5.32 Å². The standard InChI is InChI=1S/C14H19ClN2O2/c15-11-4-3-5-12(8-11)17-13(18)9-19-10-14(16)6-1-2-7-14/h3-5,8H,1-2,6-7,9-10,16H2,(H,17,18). The van der Waals surface area contributed by atoms with Crippen LogP contribution in [0.15, 0.2) is 24.3 Å². The van der Waals surface area contributed by atoms with Crippen LogP contribution in [0.25, 0.3) is 0 Å². The van der Waals surface area contributed by atoms with E-state index in [-0.39, 0.29) is 18.1 Å². The molecule has 3 N–H and O–H groups in total. The van der Waals surface area contributed by atoms with Gasteiger partial charge in [-0.1, -0.05) is 30.5 Å². The van der Waals surface area contributed by atoms with Gasteiger partial charge in [0.1, 0.15) is 6.61 Å². The molecular weight excluding hydrogens is 264 g/mol. The molecule has 0 unspecified atom stereocenters. The number of hydrogen-bond acceptors (Lipinski definition) is 3. The Bertz CT molecular complexity index is 445. The van der Waals surface area contributed by atoms with Crippen LogP contribution in [-0.2, 0) is 9.53 Å². The fourth-order valence-electron chi connectivity index (χ4n) is 2.33. The van der Waals surface area contributed by atoms with Gasteiger partial charge in [0, 0.05) is 16.2 Å². The van der Waals surface area contributed by atoms with Crippen LogP contribution in [-0.4, -0.2) is 24.7 Å². The lowest BCUT2D eigenvalue weighted by atomic mass is 10.0. The number of hydrogen-bond donors (Lipinski definition) is 2. The predicted molar refractivity (Wildman–Crippen MR) is 76.3 cm³/mol. The fraction of sp³-hybridized carbons (Fsp3) is 0.500. The lowest BCUT2D eigenvalue weighted by Gasteiger charge is -2.22. The van der Waals surface area contributed by atoms with Gasteiger partial charge in [0.2, 0.25) is 5.91 Å². The summed E-state index contributed by atoms with van der Waals surface area (Å²) >= 11 is 5.84. The van der Waals surface area contributed by atoms with Gasteiger partial charge in [-0.3, -0.25) is 4.79 Å². The second-order valence-corrected chi connectivity index (χ2v) is 5.56. The third kappa shape index (κ3) is 4.49. The molecule has 4 nitrogen and oxygen atoms in total. The van der Waals surface area contributed by atoms with Crippen molar-refractivity contribution in [1.29, 1.82) is 0 Å². The summed E-state index contributed by atoms with van der Waals surface area (Å²) in [6, 6.07) is 7.02. The summed E-state index contributed by atoms with van der Waals surface area (Å²) in [5.41, 5.74) is 6.57. The largest absolute Gasteiger partial charge is 0.370 e. The minimum atomic E-state index is -0.240. The van der Waals surface area contributed by atoms with Crippen molar-refractivity contribution in [2.45, 2.75) is 31.2 Å². The summed E-state index contributed by atoms with van der Waals surface area (Å²) in [7, 11) is 0. The highest BCUT2D eigenvalue weighted by Gasteiger charge is 2.29. The maximum atomic E-state index is 11.7. The molecule has 1 aliphatic rings. The number of nitrogens with two attached hydrogens (primary N) is 1. The summed E-state index contributed by atoms with van der Waals surface area (Å²) in [5, 5.41) is 3.32. The molecule has 0 radical (unpaired) electrons. The van der Waals surface area contributed by atoms with Crippen molar-refractivity contribution in [3.05, 3.63) is 29.3 Å². The van der Waals surface area contributed by atoms with E-state index in [0.717, 1.165) is 25.7 Å². The molecule has 0 atom stereocenters. The molecule has 1 aromatic rings. The van der Waals surface area contributed by atoms with E-state index in [4.69, 9.17) is 22.1 Å². The molecule has 1 fully saturated rings. The number of amides is 1. The van der Waals surface area contributed by atoms with E-state index < -0.39 is 0 Å². The third-order valence-corrected chi connectivity index (χ3v) is 3.57. The van der Waals surface area contributed by atoms with Crippen LogP contribution in [0.1, 0.15) is 25.7 Å². The molecule has 0 bridgehead atoms. The number of carbonyl (C=O) groups is 1. The monoisotopic (exact) mass is 282 g/mol. The molecule has 0 spiro atoms. The van der Waals surface area contributed by atoms with Crippen LogP contribution in [0.4, 0.5) is 5.69 Å². The molecule has 2 rings (SSSR count). The van der Waals surface area contributed by atoms with Crippen LogP contribution in [0.2, 0.25) is 5.02 Å². The van der Waals surface area contributed by atoms with Crippen LogP contribution in [0.5, 0.6) is 0 Å². The SMILES string of the molecule is NC1(COCC(=O)Nc2cccc(Cl)c2)CCCC1. The Morgan fingerprint density at radius 3 is 2.84 bits per heavy atom. The van der Waals surface area contributed by atoms with Crippen molar-refractivity contribution in [3.63, 3.8) is 0 Å². The van der Waals surface area contributed by atoms with Crippen molar-refractivity contribution in [3.8, 4) is 0 Å². The smallest absolute Gasteiger partial charge is 0.250 e. The average Bonchev–Trinajstić information content (AvgIpc) is 2.76. The van der Waals surface area contributed by atoms with Crippen LogP contribution < -0.4 is 11.1 Å². The topological polar surface area (TPSA) is 64.3 Å². The summed E-state index contributed by atoms with van der Waals surface area (Å²) in [6.45, 7) is 0.460. The predicted octanol–water partition coefficient (Wildman–Crippen LogP) is 2.57. The molecule has 1 amide bonds. The van der Waals surface area contributed by atoms with Gasteiger partial charge in [0.15, 0.2) is 0 Å². The van der Waals surface area contributed by atoms with E-state index >= 15 is 0 Å². The number of ether oxygens (including phenoxy) is 1. The first-order valence-electron chi connectivity index (χ1n) is 6.49. The first-order valence-corrected chi connectivity index (χ1v) is 6.87. The van der Waals surface area contributed by atoms with Crippen molar-refractivity contribution < 1.29 is 9.53 Å². The Balaban J connectivity index is 1.73. The van der Waals surface area contributed by atoms with Gasteiger partial charge in [-0.05, 0) is 31.0 Å². The van der Waals surface area contributed by atoms with Crippen LogP contribution in [0, 0.1) is 0 Å². The van der Waals surface area contributed by atoms with Gasteiger partial charge in [-0.15, -0.1) is 0 Å². The van der Waals surface area contributed by atoms with Crippen LogP contribution >= 0.6 is 11.6 Å². The van der Waals surface area contributed by atoms with E-state index in [1.165, 1.54) is 0 Å². The molecule has 5 heteroatoms. The molecule has 1 saturated carbocycles. The fourth-order valence-corrected chi connectivity index (χ4v) is 2.52. The van der Waals surface area contributed by atoms with Gasteiger partial charge in [0.05, 0.1) is 6.61 Å². The number of carbonyl (C=O) groups excluding carboxylic acids is 1. The molecule has 0 saturated heterocycles. The summed E-state index contributed by atoms with van der Waals surface area (Å²) in [4.78, 5) is 11.7. The van der Waals surface area contributed by atoms with Gasteiger partial charge >= 0.3 is 0 Å².